The second-order valence-electron chi connectivity index (χ2n) is 4.02. The highest BCUT2D eigenvalue weighted by atomic mass is 79.9. The third kappa shape index (κ3) is 2.03. The quantitative estimate of drug-likeness (QED) is 0.566. The predicted molar refractivity (Wildman–Crippen MR) is 69.1 cm³/mol. The summed E-state index contributed by atoms with van der Waals surface area (Å²) in [6, 6.07) is -1.56. The van der Waals surface area contributed by atoms with E-state index in [1.165, 1.54) is 23.6 Å². The van der Waals surface area contributed by atoms with E-state index in [0.29, 0.717) is 10.9 Å². The molecule has 2 N–H and O–H groups in total. The fraction of sp³-hybridized carbons (Fsp3) is 0.500. The first-order chi connectivity index (χ1) is 8.47. The van der Waals surface area contributed by atoms with Crippen molar-refractivity contribution in [2.75, 3.05) is 5.33 Å². The molecule has 3 atom stereocenters. The number of nitrogens with one attached hydrogen (secondary N) is 1. The topological polar surface area (TPSA) is 86.7 Å². The Hall–Kier alpha value is -1.02. The fourth-order valence-corrected chi connectivity index (χ4v) is 3.95. The number of aliphatic carboxylic acids is 1. The Bertz CT molecular complexity index is 453. The van der Waals surface area contributed by atoms with Crippen molar-refractivity contribution in [1.82, 2.24) is 10.2 Å². The van der Waals surface area contributed by atoms with E-state index in [4.69, 9.17) is 0 Å². The number of thioether (sulfide) groups is 1. The van der Waals surface area contributed by atoms with Gasteiger partial charge in [-0.2, -0.15) is 0 Å². The second kappa shape index (κ2) is 4.93. The number of rotatable bonds is 3. The molecule has 2 unspecified atom stereocenters. The van der Waals surface area contributed by atoms with E-state index in [1.54, 1.807) is 5.41 Å². The highest BCUT2D eigenvalue weighted by molar-refractivity contribution is 9.09. The van der Waals surface area contributed by atoms with Crippen LogP contribution in [0.4, 0.5) is 0 Å². The maximum atomic E-state index is 11.9. The highest BCUT2D eigenvalue weighted by Crippen LogP contribution is 2.40. The average molecular weight is 335 g/mol. The van der Waals surface area contributed by atoms with Crippen molar-refractivity contribution in [2.24, 2.45) is 0 Å². The van der Waals surface area contributed by atoms with Crippen molar-refractivity contribution in [2.45, 2.75) is 24.4 Å². The zero-order chi connectivity index (χ0) is 13.4. The zero-order valence-electron chi connectivity index (χ0n) is 9.42. The van der Waals surface area contributed by atoms with Gasteiger partial charge in [-0.15, -0.1) is 11.8 Å². The fourth-order valence-electron chi connectivity index (χ4n) is 2.04. The normalized spacial score (nSPS) is 30.1. The number of halogens is 1. The summed E-state index contributed by atoms with van der Waals surface area (Å²) in [5, 5.41) is 13.5. The van der Waals surface area contributed by atoms with Crippen LogP contribution in [0.5, 0.6) is 0 Å². The van der Waals surface area contributed by atoms with Gasteiger partial charge < -0.3 is 15.3 Å². The maximum Gasteiger partial charge on any atom is 0.330 e. The molecule has 8 heteroatoms. The monoisotopic (exact) mass is 334 g/mol. The highest BCUT2D eigenvalue weighted by Gasteiger charge is 2.55. The van der Waals surface area contributed by atoms with Crippen LogP contribution in [-0.2, 0) is 14.4 Å². The van der Waals surface area contributed by atoms with E-state index in [1.807, 2.05) is 0 Å². The van der Waals surface area contributed by atoms with Gasteiger partial charge in [0.2, 0.25) is 11.8 Å². The van der Waals surface area contributed by atoms with Crippen LogP contribution < -0.4 is 5.32 Å². The van der Waals surface area contributed by atoms with Crippen molar-refractivity contribution < 1.29 is 19.5 Å². The molecule has 0 radical (unpaired) electrons. The summed E-state index contributed by atoms with van der Waals surface area (Å²) in [7, 11) is 0. The molecule has 6 nitrogen and oxygen atoms in total. The van der Waals surface area contributed by atoms with Crippen molar-refractivity contribution >= 4 is 45.5 Å². The lowest BCUT2D eigenvalue weighted by Gasteiger charge is -2.51. The van der Waals surface area contributed by atoms with E-state index in [0.717, 1.165) is 0 Å². The largest absolute Gasteiger partial charge is 0.479 e. The number of carbonyl (C=O) groups is 3. The Balaban J connectivity index is 2.23. The lowest BCUT2D eigenvalue weighted by Crippen LogP contribution is -2.73. The number of β-lactam (4-membered cyclic amide) rings is 1. The number of carbonyl (C=O) groups excluding carboxylic acids is 2. The molecule has 0 spiro atoms. The van der Waals surface area contributed by atoms with Crippen LogP contribution in [0.25, 0.3) is 0 Å². The predicted octanol–water partition coefficient (Wildman–Crippen LogP) is 0.138. The second-order valence-corrected chi connectivity index (χ2v) is 5.57. The first-order valence-corrected chi connectivity index (χ1v) is 7.26. The number of nitrogens with zero attached hydrogens (tertiary/aromatic N) is 1. The van der Waals surface area contributed by atoms with Crippen LogP contribution >= 0.6 is 27.7 Å². The molecular formula is C10H11BrN2O4S. The molecule has 0 aliphatic carbocycles. The van der Waals surface area contributed by atoms with Gasteiger partial charge in [-0.1, -0.05) is 15.9 Å². The zero-order valence-corrected chi connectivity index (χ0v) is 11.8. The van der Waals surface area contributed by atoms with Crippen molar-refractivity contribution in [1.29, 1.82) is 0 Å². The lowest BCUT2D eigenvalue weighted by atomic mass is 9.99. The summed E-state index contributed by atoms with van der Waals surface area (Å²) < 4.78 is 0. The Morgan fingerprint density at radius 3 is 2.78 bits per heavy atom. The molecule has 0 aromatic rings. The van der Waals surface area contributed by atoms with Gasteiger partial charge in [0.1, 0.15) is 11.4 Å². The third-order valence-electron chi connectivity index (χ3n) is 2.82. The van der Waals surface area contributed by atoms with Gasteiger partial charge in [0, 0.05) is 12.3 Å². The summed E-state index contributed by atoms with van der Waals surface area (Å²) >= 11 is 4.57. The number of amides is 2. The van der Waals surface area contributed by atoms with Crippen molar-refractivity contribution in [3.8, 4) is 0 Å². The van der Waals surface area contributed by atoms with E-state index in [9.17, 15) is 19.5 Å². The molecule has 18 heavy (non-hydrogen) atoms. The number of hydrogen-bond acceptors (Lipinski definition) is 4. The molecule has 2 aliphatic rings. The molecule has 1 fully saturated rings. The van der Waals surface area contributed by atoms with Crippen molar-refractivity contribution in [3.05, 3.63) is 11.0 Å². The molecule has 0 aromatic heterocycles. The minimum Gasteiger partial charge on any atom is -0.479 e. The third-order valence-corrected chi connectivity index (χ3v) is 4.68. The number of fused-ring (bicyclic) bond motifs is 1. The summed E-state index contributed by atoms with van der Waals surface area (Å²) in [6.45, 7) is 1.33. The van der Waals surface area contributed by atoms with Gasteiger partial charge >= 0.3 is 5.97 Å². The standard InChI is InChI=1S/C10H11BrN2O4S/c1-4(14)12-6-8(15)13-7(10(16)17)5(2-11)3-18-9(6)13/h3,6-7,9H,2H2,1H3,(H,12,14)(H,16,17)/t6?,7?,9-/m1/s1. The van der Waals surface area contributed by atoms with Gasteiger partial charge in [-0.3, -0.25) is 9.59 Å². The Morgan fingerprint density at radius 2 is 2.28 bits per heavy atom. The SMILES string of the molecule is CC(=O)NC1C(=O)N2C(C(=O)O)C(CBr)=CS[C@H]12. The summed E-state index contributed by atoms with van der Waals surface area (Å²) in [4.78, 5) is 35.4. The molecule has 0 bridgehead atoms. The van der Waals surface area contributed by atoms with E-state index >= 15 is 0 Å². The van der Waals surface area contributed by atoms with E-state index in [2.05, 4.69) is 21.2 Å². The molecular weight excluding hydrogens is 324 g/mol. The first-order valence-electron chi connectivity index (χ1n) is 5.19. The first kappa shape index (κ1) is 13.4. The summed E-state index contributed by atoms with van der Waals surface area (Å²) in [6.07, 6.45) is 0. The molecule has 2 heterocycles. The lowest BCUT2D eigenvalue weighted by molar-refractivity contribution is -0.159. The van der Waals surface area contributed by atoms with Crippen LogP contribution in [0.2, 0.25) is 0 Å². The van der Waals surface area contributed by atoms with Gasteiger partial charge in [0.25, 0.3) is 0 Å². The molecule has 0 saturated carbocycles. The summed E-state index contributed by atoms with van der Waals surface area (Å²) in [5.74, 6) is -1.70. The number of hydrogen-bond donors (Lipinski definition) is 2. The number of carboxylic acids is 1. The average Bonchev–Trinajstić information content (AvgIpc) is 2.33. The molecule has 0 aromatic carbocycles. The van der Waals surface area contributed by atoms with Crippen LogP contribution in [0, 0.1) is 0 Å². The van der Waals surface area contributed by atoms with Crippen molar-refractivity contribution in [3.63, 3.8) is 0 Å². The van der Waals surface area contributed by atoms with E-state index in [-0.39, 0.29) is 17.2 Å². The Kier molecular flexibility index (Phi) is 3.67. The molecule has 2 aliphatic heterocycles. The van der Waals surface area contributed by atoms with Gasteiger partial charge in [-0.25, -0.2) is 4.79 Å². The van der Waals surface area contributed by atoms with Gasteiger partial charge in [0.15, 0.2) is 6.04 Å². The smallest absolute Gasteiger partial charge is 0.330 e. The van der Waals surface area contributed by atoms with Gasteiger partial charge in [-0.05, 0) is 11.0 Å². The van der Waals surface area contributed by atoms with Crippen LogP contribution in [-0.4, -0.2) is 50.6 Å². The summed E-state index contributed by atoms with van der Waals surface area (Å²) in [5.41, 5.74) is 0.637. The van der Waals surface area contributed by atoms with Crippen LogP contribution in [0.1, 0.15) is 6.92 Å². The van der Waals surface area contributed by atoms with Gasteiger partial charge in [0.05, 0.1) is 0 Å². The molecule has 2 amide bonds. The number of carboxylic acid groups (broad SMARTS) is 1. The van der Waals surface area contributed by atoms with E-state index < -0.39 is 18.1 Å². The molecule has 98 valence electrons. The molecule has 1 saturated heterocycles. The number of alkyl halides is 1. The minimum absolute atomic E-state index is 0.296. The van der Waals surface area contributed by atoms with Crippen LogP contribution in [0.3, 0.4) is 0 Å². The maximum absolute atomic E-state index is 11.9. The Labute approximate surface area is 116 Å². The van der Waals surface area contributed by atoms with Crippen LogP contribution in [0.15, 0.2) is 11.0 Å². The molecule has 2 rings (SSSR count). The Morgan fingerprint density at radius 1 is 1.61 bits per heavy atom. The minimum atomic E-state index is -1.05.